The number of carbonyl (C=O) groups is 2. The average Bonchev–Trinajstić information content (AvgIpc) is 2.90. The van der Waals surface area contributed by atoms with Gasteiger partial charge in [-0.25, -0.2) is 0 Å². The van der Waals surface area contributed by atoms with E-state index in [9.17, 15) is 35.9 Å². The van der Waals surface area contributed by atoms with Crippen LogP contribution in [-0.4, -0.2) is 37.1 Å². The van der Waals surface area contributed by atoms with Gasteiger partial charge in [0.2, 0.25) is 0 Å². The summed E-state index contributed by atoms with van der Waals surface area (Å²) in [4.78, 5) is 21.6. The Morgan fingerprint density at radius 3 is 1.10 bits per heavy atom. The van der Waals surface area contributed by atoms with E-state index in [0.717, 1.165) is 0 Å². The molecule has 0 spiro atoms. The van der Waals surface area contributed by atoms with Crippen molar-refractivity contribution in [1.29, 1.82) is 0 Å². The van der Waals surface area contributed by atoms with E-state index in [1.54, 1.807) is 24.3 Å². The van der Waals surface area contributed by atoms with E-state index in [0.29, 0.717) is 35.2 Å². The van der Waals surface area contributed by atoms with Crippen LogP contribution in [0.1, 0.15) is 72.1 Å². The summed E-state index contributed by atoms with van der Waals surface area (Å²) in [5.41, 5.74) is -2.93. The highest BCUT2D eigenvalue weighted by molar-refractivity contribution is 5.75. The average molecular weight is 557 g/mol. The Kier molecular flexibility index (Phi) is 8.61. The Morgan fingerprint density at radius 1 is 0.538 bits per heavy atom. The van der Waals surface area contributed by atoms with Gasteiger partial charge in [0.05, 0.1) is 12.2 Å². The topological polar surface area (TPSA) is 52.6 Å². The Balaban J connectivity index is 1.46. The Bertz CT molecular complexity index is 1010. The van der Waals surface area contributed by atoms with Gasteiger partial charge in [-0.3, -0.25) is 9.59 Å². The SMILES string of the molecule is O=Cc1ccc(OC2CCC(C(C3CCC(Oc4ccc(C=O)cc4)CC3)(C(F)(F)F)C(F)(F)F)CC2)cc1. The molecule has 0 aromatic heterocycles. The van der Waals surface area contributed by atoms with E-state index in [1.807, 2.05) is 0 Å². The first-order chi connectivity index (χ1) is 18.5. The van der Waals surface area contributed by atoms with Crippen LogP contribution in [-0.2, 0) is 0 Å². The second-order valence-corrected chi connectivity index (χ2v) is 10.4. The van der Waals surface area contributed by atoms with Crippen LogP contribution in [0.4, 0.5) is 26.3 Å². The lowest BCUT2D eigenvalue weighted by atomic mass is 9.57. The predicted molar refractivity (Wildman–Crippen MR) is 131 cm³/mol. The summed E-state index contributed by atoms with van der Waals surface area (Å²) < 4.78 is 99.4. The molecule has 2 aliphatic rings. The second-order valence-electron chi connectivity index (χ2n) is 10.4. The molecule has 0 aliphatic heterocycles. The van der Waals surface area contributed by atoms with E-state index in [4.69, 9.17) is 9.47 Å². The van der Waals surface area contributed by atoms with Crippen molar-refractivity contribution in [2.75, 3.05) is 0 Å². The molecule has 2 aliphatic carbocycles. The molecule has 10 heteroatoms. The maximum Gasteiger partial charge on any atom is 0.403 e. The van der Waals surface area contributed by atoms with E-state index >= 15 is 0 Å². The zero-order chi connectivity index (χ0) is 28.3. The van der Waals surface area contributed by atoms with Crippen LogP contribution in [0.25, 0.3) is 0 Å². The number of rotatable bonds is 8. The summed E-state index contributed by atoms with van der Waals surface area (Å²) in [5.74, 6) is -2.37. The number of benzene rings is 2. The lowest BCUT2D eigenvalue weighted by Gasteiger charge is -2.51. The fourth-order valence-electron chi connectivity index (χ4n) is 6.33. The fourth-order valence-corrected chi connectivity index (χ4v) is 6.33. The van der Waals surface area contributed by atoms with Gasteiger partial charge in [0.15, 0.2) is 5.41 Å². The molecule has 2 aromatic carbocycles. The van der Waals surface area contributed by atoms with Gasteiger partial charge in [-0.2, -0.15) is 26.3 Å². The van der Waals surface area contributed by atoms with Crippen molar-refractivity contribution in [3.8, 4) is 11.5 Å². The van der Waals surface area contributed by atoms with E-state index in [-0.39, 0.29) is 51.4 Å². The molecule has 0 radical (unpaired) electrons. The predicted octanol–water partition coefficient (Wildman–Crippen LogP) is 8.00. The smallest absolute Gasteiger partial charge is 0.403 e. The summed E-state index contributed by atoms with van der Waals surface area (Å²) in [6.07, 6.45) is -11.3. The minimum atomic E-state index is -5.46. The maximum absolute atomic E-state index is 14.6. The van der Waals surface area contributed by atoms with Crippen molar-refractivity contribution in [1.82, 2.24) is 0 Å². The molecular formula is C29H30F6O4. The second kappa shape index (κ2) is 11.6. The van der Waals surface area contributed by atoms with Crippen molar-refractivity contribution in [3.63, 3.8) is 0 Å². The molecule has 4 nitrogen and oxygen atoms in total. The molecule has 0 heterocycles. The van der Waals surface area contributed by atoms with Gasteiger partial charge in [-0.05, 0) is 112 Å². The van der Waals surface area contributed by atoms with Crippen LogP contribution < -0.4 is 9.47 Å². The van der Waals surface area contributed by atoms with Crippen LogP contribution >= 0.6 is 0 Å². The summed E-state index contributed by atoms with van der Waals surface area (Å²) in [7, 11) is 0. The Morgan fingerprint density at radius 2 is 0.846 bits per heavy atom. The van der Waals surface area contributed by atoms with Crippen LogP contribution in [0.2, 0.25) is 0 Å². The molecule has 0 bridgehead atoms. The number of hydrogen-bond acceptors (Lipinski definition) is 4. The van der Waals surface area contributed by atoms with Crippen molar-refractivity contribution >= 4 is 12.6 Å². The molecule has 0 N–H and O–H groups in total. The van der Waals surface area contributed by atoms with Crippen molar-refractivity contribution in [2.24, 2.45) is 17.3 Å². The van der Waals surface area contributed by atoms with E-state index < -0.39 is 41.8 Å². The van der Waals surface area contributed by atoms with E-state index in [1.165, 1.54) is 24.3 Å². The zero-order valence-corrected chi connectivity index (χ0v) is 21.1. The highest BCUT2D eigenvalue weighted by Gasteiger charge is 2.76. The molecule has 0 saturated heterocycles. The number of carbonyl (C=O) groups excluding carboxylic acids is 2. The van der Waals surface area contributed by atoms with Crippen LogP contribution in [0, 0.1) is 17.3 Å². The first-order valence-electron chi connectivity index (χ1n) is 13.0. The number of ether oxygens (including phenoxy) is 2. The first kappa shape index (κ1) is 29.0. The largest absolute Gasteiger partial charge is 0.490 e. The van der Waals surface area contributed by atoms with Crippen LogP contribution in [0.3, 0.4) is 0 Å². The number of aldehydes is 2. The Hall–Kier alpha value is -3.04. The molecular weight excluding hydrogens is 526 g/mol. The van der Waals surface area contributed by atoms with Gasteiger partial charge in [-0.1, -0.05) is 0 Å². The first-order valence-corrected chi connectivity index (χ1v) is 13.0. The van der Waals surface area contributed by atoms with Gasteiger partial charge < -0.3 is 9.47 Å². The van der Waals surface area contributed by atoms with Gasteiger partial charge in [0, 0.05) is 11.1 Å². The Labute approximate surface area is 222 Å². The van der Waals surface area contributed by atoms with Gasteiger partial charge >= 0.3 is 12.4 Å². The van der Waals surface area contributed by atoms with Crippen LogP contribution in [0.5, 0.6) is 11.5 Å². The van der Waals surface area contributed by atoms with Crippen LogP contribution in [0.15, 0.2) is 48.5 Å². The molecule has 2 saturated carbocycles. The van der Waals surface area contributed by atoms with Crippen molar-refractivity contribution in [2.45, 2.75) is 75.9 Å². The lowest BCUT2D eigenvalue weighted by molar-refractivity contribution is -0.382. The lowest BCUT2D eigenvalue weighted by Crippen LogP contribution is -2.61. The minimum Gasteiger partial charge on any atom is -0.490 e. The van der Waals surface area contributed by atoms with Crippen molar-refractivity contribution in [3.05, 3.63) is 59.7 Å². The van der Waals surface area contributed by atoms with Crippen molar-refractivity contribution < 1.29 is 45.4 Å². The summed E-state index contributed by atoms with van der Waals surface area (Å²) in [6.45, 7) is 0. The number of halogens is 6. The summed E-state index contributed by atoms with van der Waals surface area (Å²) >= 11 is 0. The zero-order valence-electron chi connectivity index (χ0n) is 21.1. The monoisotopic (exact) mass is 556 g/mol. The van der Waals surface area contributed by atoms with E-state index in [2.05, 4.69) is 0 Å². The highest BCUT2D eigenvalue weighted by atomic mass is 19.4. The molecule has 2 aromatic rings. The minimum absolute atomic E-state index is 0.0727. The molecule has 39 heavy (non-hydrogen) atoms. The summed E-state index contributed by atoms with van der Waals surface area (Å²) in [6, 6.07) is 12.4. The van der Waals surface area contributed by atoms with Gasteiger partial charge in [-0.15, -0.1) is 0 Å². The fraction of sp³-hybridized carbons (Fsp3) is 0.517. The normalized spacial score (nSPS) is 24.6. The summed E-state index contributed by atoms with van der Waals surface area (Å²) in [5, 5.41) is 0. The molecule has 2 fully saturated rings. The maximum atomic E-state index is 14.6. The third kappa shape index (κ3) is 6.09. The standard InChI is InChI=1S/C29H30F6O4/c30-28(31,32)27(29(33,34)35,21-5-13-25(14-6-21)38-23-9-1-19(17-36)2-10-23)22-7-15-26(16-8-22)39-24-11-3-20(18-37)4-12-24/h1-4,9-12,17-18,21-22,25-26H,5-8,13-16H2. The number of hydrogen-bond donors (Lipinski definition) is 0. The van der Waals surface area contributed by atoms with Gasteiger partial charge in [0.25, 0.3) is 0 Å². The molecule has 0 atom stereocenters. The van der Waals surface area contributed by atoms with Gasteiger partial charge in [0.1, 0.15) is 24.1 Å². The third-order valence-electron chi connectivity index (χ3n) is 8.21. The third-order valence-corrected chi connectivity index (χ3v) is 8.21. The molecule has 212 valence electrons. The quantitative estimate of drug-likeness (QED) is 0.244. The molecule has 4 rings (SSSR count). The highest BCUT2D eigenvalue weighted by Crippen LogP contribution is 2.64. The molecule has 0 amide bonds. The number of alkyl halides is 6. The molecule has 0 unspecified atom stereocenters.